The van der Waals surface area contributed by atoms with Crippen LogP contribution in [0.15, 0.2) is 42.5 Å². The Labute approximate surface area is 161 Å². The molecule has 2 heterocycles. The molecule has 0 bridgehead atoms. The van der Waals surface area contributed by atoms with Gasteiger partial charge in [-0.25, -0.2) is 0 Å². The van der Waals surface area contributed by atoms with Crippen LogP contribution in [0.2, 0.25) is 0 Å². The highest BCUT2D eigenvalue weighted by Gasteiger charge is 2.21. The molecule has 8 heteroatoms. The number of hydrogen-bond donors (Lipinski definition) is 1. The van der Waals surface area contributed by atoms with Gasteiger partial charge in [0.1, 0.15) is 16.8 Å². The van der Waals surface area contributed by atoms with Crippen molar-refractivity contribution in [3.8, 4) is 5.75 Å². The molecule has 1 amide bonds. The number of rotatable bonds is 5. The molecule has 0 atom stereocenters. The van der Waals surface area contributed by atoms with Crippen LogP contribution >= 0.6 is 11.7 Å². The lowest BCUT2D eigenvalue weighted by Gasteiger charge is -2.36. The monoisotopic (exact) mass is 383 g/mol. The van der Waals surface area contributed by atoms with E-state index in [1.165, 1.54) is 0 Å². The summed E-state index contributed by atoms with van der Waals surface area (Å²) in [4.78, 5) is 16.9. The van der Waals surface area contributed by atoms with Crippen LogP contribution in [0.3, 0.4) is 0 Å². The van der Waals surface area contributed by atoms with Crippen molar-refractivity contribution in [1.29, 1.82) is 0 Å². The first kappa shape index (κ1) is 17.7. The third-order valence-corrected chi connectivity index (χ3v) is 5.27. The van der Waals surface area contributed by atoms with E-state index in [9.17, 15) is 4.79 Å². The number of ether oxygens (including phenoxy) is 1. The smallest absolute Gasteiger partial charge is 0.238 e. The van der Waals surface area contributed by atoms with E-state index in [0.717, 1.165) is 66.1 Å². The zero-order valence-electron chi connectivity index (χ0n) is 15.1. The fraction of sp³-hybridized carbons (Fsp3) is 0.316. The quantitative estimate of drug-likeness (QED) is 0.730. The predicted octanol–water partition coefficient (Wildman–Crippen LogP) is 2.46. The maximum Gasteiger partial charge on any atom is 0.238 e. The molecule has 1 fully saturated rings. The summed E-state index contributed by atoms with van der Waals surface area (Å²) in [5, 5.41) is 2.97. The van der Waals surface area contributed by atoms with Crippen LogP contribution in [0, 0.1) is 0 Å². The number of carbonyl (C=O) groups excluding carboxylic acids is 1. The summed E-state index contributed by atoms with van der Waals surface area (Å²) in [5.41, 5.74) is 3.38. The van der Waals surface area contributed by atoms with E-state index in [-0.39, 0.29) is 5.91 Å². The molecule has 1 saturated heterocycles. The molecule has 1 aliphatic rings. The number of nitrogens with one attached hydrogen (secondary N) is 1. The minimum Gasteiger partial charge on any atom is -0.495 e. The van der Waals surface area contributed by atoms with Crippen molar-refractivity contribution in [3.63, 3.8) is 0 Å². The van der Waals surface area contributed by atoms with E-state index >= 15 is 0 Å². The number of benzene rings is 2. The van der Waals surface area contributed by atoms with Gasteiger partial charge in [0.15, 0.2) is 0 Å². The molecule has 0 saturated carbocycles. The second-order valence-corrected chi connectivity index (χ2v) is 6.95. The molecule has 0 aliphatic carbocycles. The minimum atomic E-state index is -0.0266. The number of aromatic nitrogens is 2. The number of nitrogens with zero attached hydrogens (tertiary/aromatic N) is 4. The number of anilines is 2. The Morgan fingerprint density at radius 2 is 1.93 bits per heavy atom. The van der Waals surface area contributed by atoms with Gasteiger partial charge in [0, 0.05) is 26.2 Å². The molecule has 0 spiro atoms. The van der Waals surface area contributed by atoms with Gasteiger partial charge in [0.2, 0.25) is 5.91 Å². The Morgan fingerprint density at radius 1 is 1.11 bits per heavy atom. The van der Waals surface area contributed by atoms with Crippen LogP contribution in [-0.2, 0) is 4.79 Å². The number of methoxy groups -OCH3 is 1. The molecule has 3 aromatic rings. The number of para-hydroxylation sites is 2. The average Bonchev–Trinajstić information content (AvgIpc) is 3.18. The normalized spacial score (nSPS) is 15.1. The molecular weight excluding hydrogens is 362 g/mol. The first-order valence-corrected chi connectivity index (χ1v) is 9.59. The Balaban J connectivity index is 1.34. The van der Waals surface area contributed by atoms with Crippen molar-refractivity contribution in [2.75, 3.05) is 50.1 Å². The zero-order valence-corrected chi connectivity index (χ0v) is 15.9. The molecule has 1 aliphatic heterocycles. The van der Waals surface area contributed by atoms with E-state index in [1.807, 2.05) is 36.4 Å². The highest BCUT2D eigenvalue weighted by atomic mass is 32.1. The van der Waals surface area contributed by atoms with E-state index in [2.05, 4.69) is 29.9 Å². The molecule has 140 valence electrons. The van der Waals surface area contributed by atoms with Gasteiger partial charge < -0.3 is 15.0 Å². The summed E-state index contributed by atoms with van der Waals surface area (Å²) in [6.45, 7) is 3.74. The molecule has 27 heavy (non-hydrogen) atoms. The Hall–Kier alpha value is -2.71. The van der Waals surface area contributed by atoms with Gasteiger partial charge >= 0.3 is 0 Å². The summed E-state index contributed by atoms with van der Waals surface area (Å²) in [5.74, 6) is 0.856. The van der Waals surface area contributed by atoms with Crippen LogP contribution in [0.25, 0.3) is 11.0 Å². The molecule has 0 unspecified atom stereocenters. The highest BCUT2D eigenvalue weighted by Crippen LogP contribution is 2.28. The molecule has 1 aromatic heterocycles. The van der Waals surface area contributed by atoms with E-state index in [1.54, 1.807) is 7.11 Å². The van der Waals surface area contributed by atoms with Crippen LogP contribution in [-0.4, -0.2) is 59.4 Å². The van der Waals surface area contributed by atoms with Crippen molar-refractivity contribution in [2.24, 2.45) is 0 Å². The molecule has 1 N–H and O–H groups in total. The second-order valence-electron chi connectivity index (χ2n) is 6.42. The number of amides is 1. The Bertz CT molecular complexity index is 937. The number of hydrogen-bond acceptors (Lipinski definition) is 7. The van der Waals surface area contributed by atoms with Gasteiger partial charge in [-0.2, -0.15) is 8.75 Å². The van der Waals surface area contributed by atoms with Gasteiger partial charge in [-0.05, 0) is 24.3 Å². The lowest BCUT2D eigenvalue weighted by Crippen LogP contribution is -2.48. The number of carbonyl (C=O) groups is 1. The van der Waals surface area contributed by atoms with Crippen LogP contribution < -0.4 is 15.0 Å². The van der Waals surface area contributed by atoms with Crippen molar-refractivity contribution >= 4 is 40.0 Å². The van der Waals surface area contributed by atoms with Gasteiger partial charge in [-0.15, -0.1) is 0 Å². The fourth-order valence-corrected chi connectivity index (χ4v) is 3.89. The van der Waals surface area contributed by atoms with Crippen molar-refractivity contribution in [2.45, 2.75) is 0 Å². The fourth-order valence-electron chi connectivity index (χ4n) is 3.34. The maximum atomic E-state index is 12.5. The van der Waals surface area contributed by atoms with Crippen molar-refractivity contribution in [3.05, 3.63) is 42.5 Å². The molecular formula is C19H21N5O2S. The lowest BCUT2D eigenvalue weighted by molar-refractivity contribution is -0.117. The molecule has 0 radical (unpaired) electrons. The lowest BCUT2D eigenvalue weighted by atomic mass is 10.2. The predicted molar refractivity (Wildman–Crippen MR) is 108 cm³/mol. The zero-order chi connectivity index (χ0) is 18.6. The number of fused-ring (bicyclic) bond motifs is 1. The summed E-state index contributed by atoms with van der Waals surface area (Å²) >= 11 is 1.15. The highest BCUT2D eigenvalue weighted by molar-refractivity contribution is 7.00. The van der Waals surface area contributed by atoms with Gasteiger partial charge in [-0.1, -0.05) is 18.2 Å². The van der Waals surface area contributed by atoms with Crippen molar-refractivity contribution in [1.82, 2.24) is 13.6 Å². The van der Waals surface area contributed by atoms with Gasteiger partial charge in [0.25, 0.3) is 0 Å². The molecule has 2 aromatic carbocycles. The second kappa shape index (κ2) is 7.89. The third kappa shape index (κ3) is 3.86. The van der Waals surface area contributed by atoms with E-state index in [4.69, 9.17) is 4.74 Å². The summed E-state index contributed by atoms with van der Waals surface area (Å²) in [6.07, 6.45) is 0. The van der Waals surface area contributed by atoms with E-state index < -0.39 is 0 Å². The average molecular weight is 383 g/mol. The summed E-state index contributed by atoms with van der Waals surface area (Å²) < 4.78 is 13.9. The van der Waals surface area contributed by atoms with Crippen LogP contribution in [0.4, 0.5) is 11.4 Å². The first-order valence-electron chi connectivity index (χ1n) is 8.86. The summed E-state index contributed by atoms with van der Waals surface area (Å²) in [7, 11) is 1.69. The minimum absolute atomic E-state index is 0.0266. The SMILES string of the molecule is COc1ccccc1N1CCN(CC(=O)Nc2cccc3nsnc23)CC1. The Kier molecular flexibility index (Phi) is 5.17. The maximum absolute atomic E-state index is 12.5. The molecule has 4 rings (SSSR count). The third-order valence-electron chi connectivity index (χ3n) is 4.73. The van der Waals surface area contributed by atoms with Gasteiger partial charge in [-0.3, -0.25) is 9.69 Å². The number of piperazine rings is 1. The molecule has 7 nitrogen and oxygen atoms in total. The van der Waals surface area contributed by atoms with Gasteiger partial charge in [0.05, 0.1) is 36.8 Å². The standard InChI is InChI=1S/C19H21N5O2S/c1-26-17-8-3-2-7-16(17)24-11-9-23(10-12-24)13-18(25)20-14-5-4-6-15-19(14)22-27-21-15/h2-8H,9-13H2,1H3,(H,20,25). The summed E-state index contributed by atoms with van der Waals surface area (Å²) in [6, 6.07) is 13.7. The Morgan fingerprint density at radius 3 is 2.74 bits per heavy atom. The topological polar surface area (TPSA) is 70.6 Å². The first-order chi connectivity index (χ1) is 13.2. The van der Waals surface area contributed by atoms with Crippen LogP contribution in [0.5, 0.6) is 5.75 Å². The van der Waals surface area contributed by atoms with Crippen molar-refractivity contribution < 1.29 is 9.53 Å². The van der Waals surface area contributed by atoms with Crippen LogP contribution in [0.1, 0.15) is 0 Å². The largest absolute Gasteiger partial charge is 0.495 e. The van der Waals surface area contributed by atoms with E-state index in [0.29, 0.717) is 6.54 Å².